The third kappa shape index (κ3) is 7.07. The summed E-state index contributed by atoms with van der Waals surface area (Å²) in [5.74, 6) is 0. The molecule has 1 nitrogen and oxygen atoms in total. The van der Waals surface area contributed by atoms with Crippen LogP contribution < -0.4 is 0 Å². The zero-order chi connectivity index (χ0) is 23.6. The van der Waals surface area contributed by atoms with Gasteiger partial charge in [0.15, 0.2) is 0 Å². The van der Waals surface area contributed by atoms with Crippen LogP contribution >= 0.6 is 16.9 Å². The molecule has 0 bridgehead atoms. The predicted molar refractivity (Wildman–Crippen MR) is 155 cm³/mol. The van der Waals surface area contributed by atoms with E-state index in [0.29, 0.717) is 0 Å². The maximum Gasteiger partial charge on any atom is 0.0816 e. The normalized spacial score (nSPS) is 14.8. The molecule has 0 saturated carbocycles. The second kappa shape index (κ2) is 10.9. The van der Waals surface area contributed by atoms with Crippen molar-refractivity contribution >= 4 is 58.2 Å². The predicted octanol–water partition coefficient (Wildman–Crippen LogP) is 9.70. The summed E-state index contributed by atoms with van der Waals surface area (Å²) in [6.07, 6.45) is 0. The lowest BCUT2D eigenvalue weighted by Crippen LogP contribution is -2.55. The zero-order valence-electron chi connectivity index (χ0n) is 22.6. The summed E-state index contributed by atoms with van der Waals surface area (Å²) in [6, 6.07) is 0. The summed E-state index contributed by atoms with van der Waals surface area (Å²) in [4.78, 5) is 0. The van der Waals surface area contributed by atoms with Crippen LogP contribution in [0.25, 0.3) is 0 Å². The zero-order valence-corrected chi connectivity index (χ0v) is 28.4. The standard InChI is InChI=1S/C22H52OP2Si4/c1-17(2)26(9,10)21(27(11,12)18(3)4)24-23-25-22(28(13,14)19(5)6)29(15,16)20(7)8/h17-20H,1-16H3. The minimum atomic E-state index is -1.47. The van der Waals surface area contributed by atoms with Gasteiger partial charge in [0.2, 0.25) is 0 Å². The minimum Gasteiger partial charge on any atom is -0.273 e. The SMILES string of the molecule is CC(C)[Si](C)(C)C(=POP=C([Si](C)(C)C(C)C)[Si](C)(C)C(C)C)[Si](C)(C)C(C)C. The van der Waals surface area contributed by atoms with Crippen LogP contribution in [0.5, 0.6) is 0 Å². The molecule has 29 heavy (non-hydrogen) atoms. The molecule has 0 aliphatic carbocycles. The van der Waals surface area contributed by atoms with Crippen molar-refractivity contribution in [1.82, 2.24) is 0 Å². The molecule has 172 valence electrons. The van der Waals surface area contributed by atoms with E-state index < -0.39 is 32.3 Å². The van der Waals surface area contributed by atoms with Gasteiger partial charge in [-0.15, -0.1) is 0 Å². The summed E-state index contributed by atoms with van der Waals surface area (Å²) in [5, 5.41) is 0. The maximum absolute atomic E-state index is 6.71. The molecule has 0 fully saturated rings. The van der Waals surface area contributed by atoms with Gasteiger partial charge in [0, 0.05) is 0 Å². The van der Waals surface area contributed by atoms with Gasteiger partial charge in [0.1, 0.15) is 0 Å². The van der Waals surface area contributed by atoms with E-state index in [1.807, 2.05) is 9.08 Å². The molecule has 0 spiro atoms. The Hall–Kier alpha value is 1.17. The van der Waals surface area contributed by atoms with Crippen LogP contribution in [0.15, 0.2) is 0 Å². The van der Waals surface area contributed by atoms with Crippen molar-refractivity contribution in [3.05, 3.63) is 0 Å². The van der Waals surface area contributed by atoms with E-state index in [1.54, 1.807) is 0 Å². The molecule has 0 N–H and O–H groups in total. The van der Waals surface area contributed by atoms with Crippen molar-refractivity contribution in [2.75, 3.05) is 0 Å². The summed E-state index contributed by atoms with van der Waals surface area (Å²) in [6.45, 7) is 40.2. The van der Waals surface area contributed by atoms with Gasteiger partial charge in [-0.1, -0.05) is 108 Å². The Balaban J connectivity index is 6.48. The maximum atomic E-state index is 6.71. The monoisotopic (exact) mass is 506 g/mol. The molecule has 0 aromatic heterocycles. The van der Waals surface area contributed by atoms with E-state index in [4.69, 9.17) is 4.31 Å². The topological polar surface area (TPSA) is 9.23 Å². The number of hydrogen-bond donors (Lipinski definition) is 0. The first-order valence-corrected chi connectivity index (χ1v) is 25.5. The molecule has 0 radical (unpaired) electrons. The summed E-state index contributed by atoms with van der Waals surface area (Å²) in [7, 11) is -3.43. The van der Waals surface area contributed by atoms with Crippen molar-refractivity contribution < 1.29 is 4.31 Å². The van der Waals surface area contributed by atoms with Gasteiger partial charge in [-0.2, -0.15) is 0 Å². The first-order valence-electron chi connectivity index (χ1n) is 11.6. The highest BCUT2D eigenvalue weighted by Gasteiger charge is 2.44. The molecule has 0 saturated heterocycles. The minimum absolute atomic E-state index is 0.766. The molecule has 0 unspecified atom stereocenters. The van der Waals surface area contributed by atoms with Crippen LogP contribution in [-0.2, 0) is 4.31 Å². The first-order chi connectivity index (χ1) is 12.7. The molecule has 0 rings (SSSR count). The molecular formula is C22H52OP2Si4. The summed E-state index contributed by atoms with van der Waals surface area (Å²) < 4.78 is 10.4. The van der Waals surface area contributed by atoms with Gasteiger partial charge < -0.3 is 0 Å². The lowest BCUT2D eigenvalue weighted by atomic mass is 10.6. The third-order valence-corrected chi connectivity index (χ3v) is 41.7. The Kier molecular flexibility index (Phi) is 11.3. The number of rotatable bonds is 10. The lowest BCUT2D eigenvalue weighted by molar-refractivity contribution is 0.753. The van der Waals surface area contributed by atoms with Crippen LogP contribution in [0.1, 0.15) is 55.4 Å². The van der Waals surface area contributed by atoms with Crippen molar-refractivity contribution in [2.24, 2.45) is 0 Å². The molecule has 0 aliphatic rings. The lowest BCUT2D eigenvalue weighted by Gasteiger charge is -2.41. The van der Waals surface area contributed by atoms with Crippen molar-refractivity contribution in [3.63, 3.8) is 0 Å². The highest BCUT2D eigenvalue weighted by molar-refractivity contribution is 7.68. The van der Waals surface area contributed by atoms with Gasteiger partial charge >= 0.3 is 0 Å². The van der Waals surface area contributed by atoms with E-state index in [0.717, 1.165) is 22.2 Å². The van der Waals surface area contributed by atoms with Crippen LogP contribution in [0.2, 0.25) is 74.5 Å². The van der Waals surface area contributed by atoms with Crippen LogP contribution in [0, 0.1) is 0 Å². The van der Waals surface area contributed by atoms with Gasteiger partial charge in [-0.25, -0.2) is 0 Å². The van der Waals surface area contributed by atoms with E-state index in [2.05, 4.69) is 108 Å². The average Bonchev–Trinajstić information content (AvgIpc) is 2.52. The Bertz CT molecular complexity index is 508. The average molecular weight is 507 g/mol. The molecular weight excluding hydrogens is 455 g/mol. The molecule has 0 atom stereocenters. The fourth-order valence-electron chi connectivity index (χ4n) is 3.33. The Labute approximate surface area is 192 Å². The smallest absolute Gasteiger partial charge is 0.0816 e. The second-order valence-corrected chi connectivity index (χ2v) is 37.5. The van der Waals surface area contributed by atoms with Crippen molar-refractivity contribution in [1.29, 1.82) is 0 Å². The molecule has 0 aromatic rings. The largest absolute Gasteiger partial charge is 0.273 e. The van der Waals surface area contributed by atoms with Crippen molar-refractivity contribution in [3.8, 4) is 0 Å². The summed E-state index contributed by atoms with van der Waals surface area (Å²) >= 11 is 0. The Morgan fingerprint density at radius 2 is 0.621 bits per heavy atom. The van der Waals surface area contributed by atoms with Crippen LogP contribution in [0.4, 0.5) is 0 Å². The molecule has 0 amide bonds. The van der Waals surface area contributed by atoms with E-state index in [1.165, 1.54) is 16.9 Å². The summed E-state index contributed by atoms with van der Waals surface area (Å²) in [5.41, 5.74) is 3.06. The molecule has 0 heterocycles. The van der Waals surface area contributed by atoms with E-state index >= 15 is 0 Å². The van der Waals surface area contributed by atoms with Gasteiger partial charge in [-0.05, 0) is 31.2 Å². The third-order valence-electron chi connectivity index (χ3n) is 8.48. The molecule has 0 aromatic carbocycles. The Morgan fingerprint density at radius 1 is 0.448 bits per heavy atom. The fraction of sp³-hybridized carbons (Fsp3) is 0.909. The molecule has 7 heteroatoms. The highest BCUT2D eigenvalue weighted by Crippen LogP contribution is 2.39. The quantitative estimate of drug-likeness (QED) is 0.212. The molecule has 0 aliphatic heterocycles. The van der Waals surface area contributed by atoms with Crippen molar-refractivity contribution in [2.45, 2.75) is 130 Å². The number of hydrogen-bond acceptors (Lipinski definition) is 1. The van der Waals surface area contributed by atoms with Gasteiger partial charge in [0.25, 0.3) is 0 Å². The van der Waals surface area contributed by atoms with Crippen LogP contribution in [-0.4, -0.2) is 41.4 Å². The van der Waals surface area contributed by atoms with Gasteiger partial charge in [0.05, 0.1) is 49.2 Å². The van der Waals surface area contributed by atoms with Crippen LogP contribution in [0.3, 0.4) is 0 Å². The fourth-order valence-corrected chi connectivity index (χ4v) is 31.4. The second-order valence-electron chi connectivity index (χ2n) is 12.5. The first kappa shape index (κ1) is 30.2. The van der Waals surface area contributed by atoms with Gasteiger partial charge in [-0.3, -0.25) is 4.31 Å². The Morgan fingerprint density at radius 3 is 0.759 bits per heavy atom. The highest BCUT2D eigenvalue weighted by atomic mass is 31.1. The van der Waals surface area contributed by atoms with E-state index in [-0.39, 0.29) is 0 Å². The van der Waals surface area contributed by atoms with E-state index in [9.17, 15) is 0 Å².